The summed E-state index contributed by atoms with van der Waals surface area (Å²) in [6, 6.07) is 6.05. The van der Waals surface area contributed by atoms with E-state index in [1.54, 1.807) is 17.0 Å². The first-order valence-corrected chi connectivity index (χ1v) is 6.65. The van der Waals surface area contributed by atoms with Crippen molar-refractivity contribution in [3.63, 3.8) is 0 Å². The number of para-hydroxylation sites is 1. The first-order valence-electron chi connectivity index (χ1n) is 6.65. The zero-order valence-electron chi connectivity index (χ0n) is 10.8. The third kappa shape index (κ3) is 3.44. The lowest BCUT2D eigenvalue weighted by Crippen LogP contribution is -2.47. The highest BCUT2D eigenvalue weighted by molar-refractivity contribution is 5.89. The van der Waals surface area contributed by atoms with Crippen LogP contribution in [0.5, 0.6) is 0 Å². The van der Waals surface area contributed by atoms with Gasteiger partial charge in [-0.1, -0.05) is 12.1 Å². The van der Waals surface area contributed by atoms with Crippen LogP contribution in [0.15, 0.2) is 24.3 Å². The molecule has 1 aromatic rings. The van der Waals surface area contributed by atoms with Gasteiger partial charge < -0.3 is 15.3 Å². The Labute approximate surface area is 112 Å². The predicted octanol–water partition coefficient (Wildman–Crippen LogP) is 2.59. The fourth-order valence-electron chi connectivity index (χ4n) is 2.14. The number of carbonyl (C=O) groups excluding carboxylic acids is 1. The molecule has 2 amide bonds. The van der Waals surface area contributed by atoms with Gasteiger partial charge in [0.25, 0.3) is 0 Å². The number of urea groups is 1. The van der Waals surface area contributed by atoms with Crippen LogP contribution in [-0.2, 0) is 0 Å². The number of hydrogen-bond donors (Lipinski definition) is 2. The average Bonchev–Trinajstić information content (AvgIpc) is 2.34. The Morgan fingerprint density at radius 1 is 1.42 bits per heavy atom. The van der Waals surface area contributed by atoms with Gasteiger partial charge in [0, 0.05) is 19.2 Å². The molecule has 0 atom stereocenters. The molecule has 0 aromatic heterocycles. The normalized spacial score (nSPS) is 14.8. The van der Waals surface area contributed by atoms with Crippen molar-refractivity contribution in [3.8, 4) is 0 Å². The van der Waals surface area contributed by atoms with Gasteiger partial charge in [-0.3, -0.25) is 0 Å². The lowest BCUT2D eigenvalue weighted by molar-refractivity contribution is 0.140. The van der Waals surface area contributed by atoms with Crippen LogP contribution in [0.2, 0.25) is 0 Å². The predicted molar refractivity (Wildman–Crippen MR) is 71.5 cm³/mol. The molecule has 1 fully saturated rings. The maximum atomic E-state index is 13.5. The molecule has 1 saturated carbocycles. The van der Waals surface area contributed by atoms with Crippen LogP contribution < -0.4 is 5.32 Å². The largest absolute Gasteiger partial charge is 0.396 e. The molecule has 1 aromatic carbocycles. The van der Waals surface area contributed by atoms with Gasteiger partial charge in [0.1, 0.15) is 5.82 Å². The summed E-state index contributed by atoms with van der Waals surface area (Å²) in [7, 11) is 0. The lowest BCUT2D eigenvalue weighted by Gasteiger charge is -2.37. The fraction of sp³-hybridized carbons (Fsp3) is 0.500. The van der Waals surface area contributed by atoms with Crippen molar-refractivity contribution in [2.75, 3.05) is 18.5 Å². The summed E-state index contributed by atoms with van der Waals surface area (Å²) in [6.45, 7) is 0.553. The zero-order valence-corrected chi connectivity index (χ0v) is 10.8. The van der Waals surface area contributed by atoms with E-state index in [4.69, 9.17) is 5.11 Å². The molecule has 1 aliphatic carbocycles. The number of nitrogens with one attached hydrogen (secondary N) is 1. The summed E-state index contributed by atoms with van der Waals surface area (Å²) in [5.74, 6) is -0.438. The van der Waals surface area contributed by atoms with Crippen molar-refractivity contribution in [3.05, 3.63) is 30.1 Å². The van der Waals surface area contributed by atoms with E-state index in [2.05, 4.69) is 5.32 Å². The molecule has 0 heterocycles. The molecule has 1 aliphatic rings. The lowest BCUT2D eigenvalue weighted by atomic mass is 9.91. The van der Waals surface area contributed by atoms with E-state index in [9.17, 15) is 9.18 Å². The molecule has 0 unspecified atom stereocenters. The number of halogens is 1. The Hall–Kier alpha value is -1.62. The molecule has 0 aliphatic heterocycles. The minimum Gasteiger partial charge on any atom is -0.396 e. The summed E-state index contributed by atoms with van der Waals surface area (Å²) in [5.41, 5.74) is 0.195. The molecule has 2 rings (SSSR count). The number of nitrogens with zero attached hydrogens (tertiary/aromatic N) is 1. The van der Waals surface area contributed by atoms with Gasteiger partial charge in [0.05, 0.1) is 5.69 Å². The van der Waals surface area contributed by atoms with Gasteiger partial charge in [-0.05, 0) is 37.8 Å². The number of hydrogen-bond acceptors (Lipinski definition) is 2. The highest BCUT2D eigenvalue weighted by Crippen LogP contribution is 2.26. The average molecular weight is 266 g/mol. The van der Waals surface area contributed by atoms with Gasteiger partial charge in [0.15, 0.2) is 0 Å². The molecule has 19 heavy (non-hydrogen) atoms. The van der Waals surface area contributed by atoms with Gasteiger partial charge in [0.2, 0.25) is 0 Å². The maximum absolute atomic E-state index is 13.5. The number of aliphatic hydroxyl groups is 1. The third-order valence-electron chi connectivity index (χ3n) is 3.45. The molecular formula is C14H19FN2O2. The highest BCUT2D eigenvalue weighted by atomic mass is 19.1. The van der Waals surface area contributed by atoms with Crippen LogP contribution in [0.3, 0.4) is 0 Å². The zero-order chi connectivity index (χ0) is 13.7. The van der Waals surface area contributed by atoms with Crippen LogP contribution in [0, 0.1) is 5.82 Å². The van der Waals surface area contributed by atoms with Crippen molar-refractivity contribution in [2.45, 2.75) is 31.7 Å². The van der Waals surface area contributed by atoms with Gasteiger partial charge in [-0.25, -0.2) is 9.18 Å². The maximum Gasteiger partial charge on any atom is 0.322 e. The number of rotatable bonds is 5. The first-order chi connectivity index (χ1) is 9.22. The number of aliphatic hydroxyl groups excluding tert-OH is 1. The number of amides is 2. The van der Waals surface area contributed by atoms with Crippen molar-refractivity contribution < 1.29 is 14.3 Å². The van der Waals surface area contributed by atoms with Crippen molar-refractivity contribution in [2.24, 2.45) is 0 Å². The quantitative estimate of drug-likeness (QED) is 0.860. The molecule has 2 N–H and O–H groups in total. The van der Waals surface area contributed by atoms with E-state index >= 15 is 0 Å². The number of benzene rings is 1. The molecule has 0 bridgehead atoms. The first kappa shape index (κ1) is 13.8. The minimum absolute atomic E-state index is 0.0518. The topological polar surface area (TPSA) is 52.6 Å². The second-order valence-electron chi connectivity index (χ2n) is 4.77. The summed E-state index contributed by atoms with van der Waals surface area (Å²) in [4.78, 5) is 13.9. The van der Waals surface area contributed by atoms with E-state index < -0.39 is 5.82 Å². The standard InChI is InChI=1S/C14H19FN2O2/c15-12-7-1-2-8-13(12)16-14(19)17(9-4-10-18)11-5-3-6-11/h1-2,7-8,11,18H,3-6,9-10H2,(H,16,19). The second-order valence-corrected chi connectivity index (χ2v) is 4.77. The van der Waals surface area contributed by atoms with Gasteiger partial charge >= 0.3 is 6.03 Å². The van der Waals surface area contributed by atoms with Crippen LogP contribution >= 0.6 is 0 Å². The van der Waals surface area contributed by atoms with E-state index in [0.717, 1.165) is 19.3 Å². The summed E-state index contributed by atoms with van der Waals surface area (Å²) in [6.07, 6.45) is 3.63. The van der Waals surface area contributed by atoms with Gasteiger partial charge in [-0.2, -0.15) is 0 Å². The van der Waals surface area contributed by atoms with Crippen LogP contribution in [0.1, 0.15) is 25.7 Å². The molecule has 0 saturated heterocycles. The van der Waals surface area contributed by atoms with Gasteiger partial charge in [-0.15, -0.1) is 0 Å². The van der Waals surface area contributed by atoms with Crippen LogP contribution in [-0.4, -0.2) is 35.2 Å². The molecule has 4 nitrogen and oxygen atoms in total. The fourth-order valence-corrected chi connectivity index (χ4v) is 2.14. The second kappa shape index (κ2) is 6.52. The molecule has 5 heteroatoms. The monoisotopic (exact) mass is 266 g/mol. The van der Waals surface area contributed by atoms with Crippen molar-refractivity contribution in [1.29, 1.82) is 0 Å². The molecule has 0 radical (unpaired) electrons. The number of anilines is 1. The number of carbonyl (C=O) groups is 1. The minimum atomic E-state index is -0.438. The molecule has 104 valence electrons. The van der Waals surface area contributed by atoms with Crippen molar-refractivity contribution in [1.82, 2.24) is 4.90 Å². The SMILES string of the molecule is O=C(Nc1ccccc1F)N(CCCO)C1CCC1. The van der Waals surface area contributed by atoms with Crippen LogP contribution in [0.4, 0.5) is 14.9 Å². The summed E-state index contributed by atoms with van der Waals surface area (Å²) >= 11 is 0. The summed E-state index contributed by atoms with van der Waals surface area (Å²) in [5, 5.41) is 11.5. The Balaban J connectivity index is 2.00. The van der Waals surface area contributed by atoms with E-state index in [0.29, 0.717) is 13.0 Å². The molecule has 0 spiro atoms. The Morgan fingerprint density at radius 2 is 2.16 bits per heavy atom. The Bertz CT molecular complexity index is 435. The van der Waals surface area contributed by atoms with Crippen LogP contribution in [0.25, 0.3) is 0 Å². The Kier molecular flexibility index (Phi) is 4.74. The van der Waals surface area contributed by atoms with E-state index in [1.807, 2.05) is 0 Å². The third-order valence-corrected chi connectivity index (χ3v) is 3.45. The summed E-state index contributed by atoms with van der Waals surface area (Å²) < 4.78 is 13.5. The van der Waals surface area contributed by atoms with E-state index in [1.165, 1.54) is 12.1 Å². The smallest absolute Gasteiger partial charge is 0.322 e. The van der Waals surface area contributed by atoms with Crippen molar-refractivity contribution >= 4 is 11.7 Å². The molecular weight excluding hydrogens is 247 g/mol. The Morgan fingerprint density at radius 3 is 2.74 bits per heavy atom. The van der Waals surface area contributed by atoms with E-state index in [-0.39, 0.29) is 24.4 Å². The highest BCUT2D eigenvalue weighted by Gasteiger charge is 2.28.